The van der Waals surface area contributed by atoms with E-state index in [4.69, 9.17) is 5.73 Å². The molecule has 2 aromatic rings. The van der Waals surface area contributed by atoms with Gasteiger partial charge in [-0.25, -0.2) is 4.98 Å². The fourth-order valence-corrected chi connectivity index (χ4v) is 2.66. The summed E-state index contributed by atoms with van der Waals surface area (Å²) in [6, 6.07) is 8.54. The first-order valence-corrected chi connectivity index (χ1v) is 7.11. The molecule has 0 aliphatic carbocycles. The minimum atomic E-state index is 0.512. The summed E-state index contributed by atoms with van der Waals surface area (Å²) in [5.74, 6) is 2.09. The fourth-order valence-electron chi connectivity index (χ4n) is 2.00. The quantitative estimate of drug-likeness (QED) is 0.861. The van der Waals surface area contributed by atoms with Crippen LogP contribution in [0.4, 0.5) is 0 Å². The van der Waals surface area contributed by atoms with Gasteiger partial charge < -0.3 is 10.3 Å². The third-order valence-electron chi connectivity index (χ3n) is 3.07. The average molecular weight is 261 g/mol. The molecule has 18 heavy (non-hydrogen) atoms. The second-order valence-corrected chi connectivity index (χ2v) is 5.51. The van der Waals surface area contributed by atoms with Gasteiger partial charge in [0, 0.05) is 24.1 Å². The van der Waals surface area contributed by atoms with Gasteiger partial charge in [-0.1, -0.05) is 19.1 Å². The number of nitrogens with zero attached hydrogens (tertiary/aromatic N) is 2. The average Bonchev–Trinajstić information content (AvgIpc) is 2.67. The molecular formula is C14H19N3S. The zero-order valence-corrected chi connectivity index (χ0v) is 11.9. The van der Waals surface area contributed by atoms with Gasteiger partial charge in [0.1, 0.15) is 5.82 Å². The normalized spacial score (nSPS) is 10.9. The van der Waals surface area contributed by atoms with Crippen molar-refractivity contribution in [1.29, 1.82) is 0 Å². The Kier molecular flexibility index (Phi) is 4.09. The van der Waals surface area contributed by atoms with Crippen molar-refractivity contribution >= 4 is 11.8 Å². The highest BCUT2D eigenvalue weighted by molar-refractivity contribution is 7.99. The third kappa shape index (κ3) is 2.44. The largest absolute Gasteiger partial charge is 0.334 e. The number of nitrogens with two attached hydrogens (primary N) is 1. The molecular weight excluding hydrogens is 242 g/mol. The summed E-state index contributed by atoms with van der Waals surface area (Å²) >= 11 is 1.85. The summed E-state index contributed by atoms with van der Waals surface area (Å²) in [6.07, 6.45) is 0. The molecule has 0 aliphatic heterocycles. The molecule has 3 nitrogen and oxygen atoms in total. The zero-order valence-electron chi connectivity index (χ0n) is 11.1. The highest BCUT2D eigenvalue weighted by atomic mass is 32.2. The van der Waals surface area contributed by atoms with Crippen molar-refractivity contribution in [3.63, 3.8) is 0 Å². The van der Waals surface area contributed by atoms with Gasteiger partial charge in [0.25, 0.3) is 0 Å². The maximum Gasteiger partial charge on any atom is 0.106 e. The number of rotatable bonds is 4. The molecule has 2 N–H and O–H groups in total. The molecule has 2 rings (SSSR count). The van der Waals surface area contributed by atoms with E-state index in [0.717, 1.165) is 28.5 Å². The van der Waals surface area contributed by atoms with E-state index in [-0.39, 0.29) is 0 Å². The van der Waals surface area contributed by atoms with Crippen LogP contribution in [0.15, 0.2) is 29.2 Å². The minimum Gasteiger partial charge on any atom is -0.334 e. The van der Waals surface area contributed by atoms with E-state index < -0.39 is 0 Å². The second kappa shape index (κ2) is 5.59. The van der Waals surface area contributed by atoms with Crippen molar-refractivity contribution in [2.24, 2.45) is 12.8 Å². The molecule has 1 aromatic heterocycles. The Morgan fingerprint density at radius 2 is 1.94 bits per heavy atom. The molecule has 0 bridgehead atoms. The fraction of sp³-hybridized carbons (Fsp3) is 0.357. The first-order valence-electron chi connectivity index (χ1n) is 6.12. The van der Waals surface area contributed by atoms with Crippen LogP contribution in [0.1, 0.15) is 18.4 Å². The molecule has 96 valence electrons. The SMILES string of the molecule is CCSc1ccc(-c2nc(C)n(C)c2CN)cc1. The third-order valence-corrected chi connectivity index (χ3v) is 3.96. The van der Waals surface area contributed by atoms with Crippen molar-refractivity contribution in [3.8, 4) is 11.3 Å². The maximum absolute atomic E-state index is 5.81. The Labute approximate surface area is 112 Å². The zero-order chi connectivity index (χ0) is 13.1. The van der Waals surface area contributed by atoms with Crippen molar-refractivity contribution in [2.45, 2.75) is 25.3 Å². The Morgan fingerprint density at radius 3 is 2.50 bits per heavy atom. The van der Waals surface area contributed by atoms with E-state index in [1.54, 1.807) is 0 Å². The van der Waals surface area contributed by atoms with Gasteiger partial charge in [0.05, 0.1) is 11.4 Å². The first kappa shape index (κ1) is 13.2. The summed E-state index contributed by atoms with van der Waals surface area (Å²) in [7, 11) is 2.01. The van der Waals surface area contributed by atoms with Gasteiger partial charge in [0.2, 0.25) is 0 Å². The summed E-state index contributed by atoms with van der Waals surface area (Å²) in [5, 5.41) is 0. The van der Waals surface area contributed by atoms with Crippen LogP contribution >= 0.6 is 11.8 Å². The number of thioether (sulfide) groups is 1. The standard InChI is InChI=1S/C14H19N3S/c1-4-18-12-7-5-11(6-8-12)14-13(9-15)17(3)10(2)16-14/h5-8H,4,9,15H2,1-3H3. The molecule has 0 saturated heterocycles. The minimum absolute atomic E-state index is 0.512. The lowest BCUT2D eigenvalue weighted by atomic mass is 10.1. The van der Waals surface area contributed by atoms with Crippen molar-refractivity contribution < 1.29 is 0 Å². The Bertz CT molecular complexity index is 529. The van der Waals surface area contributed by atoms with Crippen LogP contribution < -0.4 is 5.73 Å². The molecule has 0 saturated carbocycles. The molecule has 1 aromatic carbocycles. The lowest BCUT2D eigenvalue weighted by Gasteiger charge is -2.04. The van der Waals surface area contributed by atoms with Crippen LogP contribution in [-0.4, -0.2) is 15.3 Å². The van der Waals surface area contributed by atoms with Gasteiger partial charge in [-0.05, 0) is 24.8 Å². The Balaban J connectivity index is 2.39. The lowest BCUT2D eigenvalue weighted by Crippen LogP contribution is -2.05. The molecule has 4 heteroatoms. The summed E-state index contributed by atoms with van der Waals surface area (Å²) in [5.41, 5.74) is 9.04. The van der Waals surface area contributed by atoms with Crippen LogP contribution in [0, 0.1) is 6.92 Å². The predicted octanol–water partition coefficient (Wildman–Crippen LogP) is 2.97. The number of aryl methyl sites for hydroxylation is 1. The van der Waals surface area contributed by atoms with E-state index in [2.05, 4.69) is 40.7 Å². The molecule has 0 atom stereocenters. The summed E-state index contributed by atoms with van der Waals surface area (Å²) in [6.45, 7) is 4.68. The highest BCUT2D eigenvalue weighted by Gasteiger charge is 2.12. The molecule has 0 radical (unpaired) electrons. The predicted molar refractivity (Wildman–Crippen MR) is 77.7 cm³/mol. The van der Waals surface area contributed by atoms with Gasteiger partial charge in [-0.2, -0.15) is 0 Å². The van der Waals surface area contributed by atoms with Crippen LogP contribution in [0.3, 0.4) is 0 Å². The molecule has 0 fully saturated rings. The number of hydrogen-bond acceptors (Lipinski definition) is 3. The molecule has 0 aliphatic rings. The number of aromatic nitrogens is 2. The van der Waals surface area contributed by atoms with Crippen LogP contribution in [-0.2, 0) is 13.6 Å². The smallest absolute Gasteiger partial charge is 0.106 e. The van der Waals surface area contributed by atoms with Crippen LogP contribution in [0.5, 0.6) is 0 Å². The van der Waals surface area contributed by atoms with Gasteiger partial charge in [0.15, 0.2) is 0 Å². The number of imidazole rings is 1. The van der Waals surface area contributed by atoms with Crippen molar-refractivity contribution in [1.82, 2.24) is 9.55 Å². The first-order chi connectivity index (χ1) is 8.67. The molecule has 0 spiro atoms. The Morgan fingerprint density at radius 1 is 1.28 bits per heavy atom. The summed E-state index contributed by atoms with van der Waals surface area (Å²) in [4.78, 5) is 5.90. The molecule has 1 heterocycles. The number of benzene rings is 1. The van der Waals surface area contributed by atoms with Gasteiger partial charge in [-0.3, -0.25) is 0 Å². The highest BCUT2D eigenvalue weighted by Crippen LogP contribution is 2.26. The van der Waals surface area contributed by atoms with Crippen LogP contribution in [0.2, 0.25) is 0 Å². The van der Waals surface area contributed by atoms with E-state index in [0.29, 0.717) is 6.54 Å². The maximum atomic E-state index is 5.81. The second-order valence-electron chi connectivity index (χ2n) is 4.17. The van der Waals surface area contributed by atoms with Crippen LogP contribution in [0.25, 0.3) is 11.3 Å². The lowest BCUT2D eigenvalue weighted by molar-refractivity contribution is 0.789. The molecule has 0 unspecified atom stereocenters. The summed E-state index contributed by atoms with van der Waals surface area (Å²) < 4.78 is 2.06. The van der Waals surface area contributed by atoms with Crippen molar-refractivity contribution in [2.75, 3.05) is 5.75 Å². The van der Waals surface area contributed by atoms with Gasteiger partial charge in [-0.15, -0.1) is 11.8 Å². The van der Waals surface area contributed by atoms with Crippen molar-refractivity contribution in [3.05, 3.63) is 35.8 Å². The Hall–Kier alpha value is -1.26. The van der Waals surface area contributed by atoms with E-state index >= 15 is 0 Å². The van der Waals surface area contributed by atoms with Gasteiger partial charge >= 0.3 is 0 Å². The molecule has 0 amide bonds. The van der Waals surface area contributed by atoms with E-state index in [1.165, 1.54) is 4.90 Å². The topological polar surface area (TPSA) is 43.8 Å². The monoisotopic (exact) mass is 261 g/mol. The number of hydrogen-bond donors (Lipinski definition) is 1. The van der Waals surface area contributed by atoms with E-state index in [9.17, 15) is 0 Å². The van der Waals surface area contributed by atoms with E-state index in [1.807, 2.05) is 25.7 Å².